The van der Waals surface area contributed by atoms with Crippen LogP contribution in [0, 0.1) is 18.8 Å². The fraction of sp³-hybridized carbons (Fsp3) is 0.667. The van der Waals surface area contributed by atoms with Gasteiger partial charge in [0.2, 0.25) is 0 Å². The maximum atomic E-state index is 13.0. The average molecular weight is 322 g/mol. The van der Waals surface area contributed by atoms with Crippen LogP contribution in [0.15, 0.2) is 0 Å². The van der Waals surface area contributed by atoms with Crippen LogP contribution in [0.5, 0.6) is 0 Å². The monoisotopic (exact) mass is 322 g/mol. The predicted molar refractivity (Wildman–Crippen MR) is 91.8 cm³/mol. The first-order valence-electron chi connectivity index (χ1n) is 8.31. The maximum absolute atomic E-state index is 13.0. The maximum Gasteiger partial charge on any atom is 0.339 e. The molecular weight excluding hydrogens is 292 g/mol. The van der Waals surface area contributed by atoms with Gasteiger partial charge >= 0.3 is 5.97 Å². The molecule has 0 radical (unpaired) electrons. The van der Waals surface area contributed by atoms with Crippen LogP contribution in [0.3, 0.4) is 0 Å². The molecule has 23 heavy (non-hydrogen) atoms. The van der Waals surface area contributed by atoms with Crippen LogP contribution >= 0.6 is 0 Å². The summed E-state index contributed by atoms with van der Waals surface area (Å²) in [6.07, 6.45) is 0.646. The number of aryl methyl sites for hydroxylation is 1. The Bertz CT molecular complexity index is 549. The molecule has 1 aromatic rings. The highest BCUT2D eigenvalue weighted by molar-refractivity contribution is 6.00. The van der Waals surface area contributed by atoms with E-state index in [-0.39, 0.29) is 5.91 Å². The lowest BCUT2D eigenvalue weighted by molar-refractivity contribution is 0.0599. The summed E-state index contributed by atoms with van der Waals surface area (Å²) in [5, 5.41) is 0. The third-order valence-electron chi connectivity index (χ3n) is 3.74. The SMILES string of the molecule is CCc1[nH]c(C(=O)N(CC(C)C)CC(C)C)c(C)c1C(=O)OC. The molecule has 0 aliphatic rings. The van der Waals surface area contributed by atoms with Crippen LogP contribution < -0.4 is 0 Å². The molecule has 1 amide bonds. The first kappa shape index (κ1) is 19.3. The Kier molecular flexibility index (Phi) is 6.85. The van der Waals surface area contributed by atoms with Gasteiger partial charge in [0.05, 0.1) is 12.7 Å². The van der Waals surface area contributed by atoms with E-state index in [1.807, 2.05) is 11.8 Å². The van der Waals surface area contributed by atoms with Crippen molar-refractivity contribution in [3.63, 3.8) is 0 Å². The van der Waals surface area contributed by atoms with Crippen LogP contribution in [0.1, 0.15) is 66.7 Å². The molecule has 0 aliphatic heterocycles. The quantitative estimate of drug-likeness (QED) is 0.782. The van der Waals surface area contributed by atoms with Gasteiger partial charge in [0, 0.05) is 18.8 Å². The summed E-state index contributed by atoms with van der Waals surface area (Å²) in [4.78, 5) is 30.0. The highest BCUT2D eigenvalue weighted by Crippen LogP contribution is 2.22. The minimum atomic E-state index is -0.395. The molecule has 0 spiro atoms. The van der Waals surface area contributed by atoms with E-state index in [9.17, 15) is 9.59 Å². The molecule has 1 N–H and O–H groups in total. The van der Waals surface area contributed by atoms with Crippen molar-refractivity contribution in [2.24, 2.45) is 11.8 Å². The molecule has 1 aromatic heterocycles. The van der Waals surface area contributed by atoms with Gasteiger partial charge in [-0.3, -0.25) is 4.79 Å². The standard InChI is InChI=1S/C18H30N2O3/c1-8-14-15(18(22)23-7)13(6)16(19-14)17(21)20(9-11(2)3)10-12(4)5/h11-12,19H,8-10H2,1-7H3. The Balaban J connectivity index is 3.24. The Labute approximate surface area is 139 Å². The van der Waals surface area contributed by atoms with Crippen molar-refractivity contribution in [3.05, 3.63) is 22.5 Å². The summed E-state index contributed by atoms with van der Waals surface area (Å²) in [5.74, 6) is 0.334. The van der Waals surface area contributed by atoms with Gasteiger partial charge in [0.1, 0.15) is 5.69 Å². The zero-order valence-electron chi connectivity index (χ0n) is 15.4. The number of methoxy groups -OCH3 is 1. The average Bonchev–Trinajstić information content (AvgIpc) is 2.80. The number of carbonyl (C=O) groups is 2. The Morgan fingerprint density at radius 1 is 1.13 bits per heavy atom. The van der Waals surface area contributed by atoms with E-state index in [0.29, 0.717) is 48.2 Å². The highest BCUT2D eigenvalue weighted by Gasteiger charge is 2.27. The molecule has 0 bridgehead atoms. The van der Waals surface area contributed by atoms with Gasteiger partial charge in [-0.2, -0.15) is 0 Å². The number of H-pyrrole nitrogens is 1. The van der Waals surface area contributed by atoms with Gasteiger partial charge < -0.3 is 14.6 Å². The second-order valence-electron chi connectivity index (χ2n) is 6.82. The van der Waals surface area contributed by atoms with Crippen LogP contribution in [0.2, 0.25) is 0 Å². The molecule has 0 fully saturated rings. The van der Waals surface area contributed by atoms with Crippen molar-refractivity contribution >= 4 is 11.9 Å². The number of ether oxygens (including phenoxy) is 1. The number of rotatable bonds is 7. The van der Waals surface area contributed by atoms with E-state index >= 15 is 0 Å². The van der Waals surface area contributed by atoms with Gasteiger partial charge in [0.15, 0.2) is 0 Å². The van der Waals surface area contributed by atoms with Gasteiger partial charge in [-0.05, 0) is 30.7 Å². The van der Waals surface area contributed by atoms with E-state index in [1.54, 1.807) is 6.92 Å². The number of esters is 1. The Morgan fingerprint density at radius 2 is 1.65 bits per heavy atom. The van der Waals surface area contributed by atoms with E-state index in [2.05, 4.69) is 32.7 Å². The van der Waals surface area contributed by atoms with E-state index in [1.165, 1.54) is 7.11 Å². The minimum Gasteiger partial charge on any atom is -0.465 e. The third kappa shape index (κ3) is 4.60. The summed E-state index contributed by atoms with van der Waals surface area (Å²) in [7, 11) is 1.36. The summed E-state index contributed by atoms with van der Waals surface area (Å²) in [5.41, 5.74) is 2.43. The van der Waals surface area contributed by atoms with Gasteiger partial charge in [0.25, 0.3) is 5.91 Å². The second kappa shape index (κ2) is 8.18. The smallest absolute Gasteiger partial charge is 0.339 e. The molecule has 5 heteroatoms. The molecule has 0 saturated carbocycles. The largest absolute Gasteiger partial charge is 0.465 e. The Morgan fingerprint density at radius 3 is 2.04 bits per heavy atom. The van der Waals surface area contributed by atoms with Crippen molar-refractivity contribution in [3.8, 4) is 0 Å². The summed E-state index contributed by atoms with van der Waals surface area (Å²) < 4.78 is 4.86. The lowest BCUT2D eigenvalue weighted by Gasteiger charge is -2.26. The molecule has 0 unspecified atom stereocenters. The molecular formula is C18H30N2O3. The summed E-state index contributed by atoms with van der Waals surface area (Å²) >= 11 is 0. The molecule has 0 atom stereocenters. The molecule has 0 aliphatic carbocycles. The minimum absolute atomic E-state index is 0.0465. The number of nitrogens with one attached hydrogen (secondary N) is 1. The molecule has 0 saturated heterocycles. The van der Waals surface area contributed by atoms with Crippen molar-refractivity contribution in [1.29, 1.82) is 0 Å². The lowest BCUT2D eigenvalue weighted by Crippen LogP contribution is -2.37. The van der Waals surface area contributed by atoms with Crippen molar-refractivity contribution in [1.82, 2.24) is 9.88 Å². The predicted octanol–water partition coefficient (Wildman–Crippen LogP) is 3.43. The molecule has 5 nitrogen and oxygen atoms in total. The van der Waals surface area contributed by atoms with E-state index in [0.717, 1.165) is 5.69 Å². The third-order valence-corrected chi connectivity index (χ3v) is 3.74. The number of nitrogens with zero attached hydrogens (tertiary/aromatic N) is 1. The van der Waals surface area contributed by atoms with Crippen molar-refractivity contribution in [2.45, 2.75) is 48.0 Å². The lowest BCUT2D eigenvalue weighted by atomic mass is 10.1. The van der Waals surface area contributed by atoms with Gasteiger partial charge in [-0.1, -0.05) is 34.6 Å². The molecule has 0 aromatic carbocycles. The number of carbonyl (C=O) groups excluding carboxylic acids is 2. The zero-order chi connectivity index (χ0) is 17.7. The van der Waals surface area contributed by atoms with Crippen LogP contribution in [-0.4, -0.2) is 42.0 Å². The highest BCUT2D eigenvalue weighted by atomic mass is 16.5. The van der Waals surface area contributed by atoms with Gasteiger partial charge in [-0.25, -0.2) is 4.79 Å². The number of amides is 1. The van der Waals surface area contributed by atoms with E-state index < -0.39 is 5.97 Å². The molecule has 1 heterocycles. The van der Waals surface area contributed by atoms with Gasteiger partial charge in [-0.15, -0.1) is 0 Å². The van der Waals surface area contributed by atoms with Crippen molar-refractivity contribution < 1.29 is 14.3 Å². The number of aromatic nitrogens is 1. The first-order valence-corrected chi connectivity index (χ1v) is 8.31. The first-order chi connectivity index (χ1) is 10.7. The van der Waals surface area contributed by atoms with E-state index in [4.69, 9.17) is 4.74 Å². The summed E-state index contributed by atoms with van der Waals surface area (Å²) in [6, 6.07) is 0. The van der Waals surface area contributed by atoms with Crippen LogP contribution in [-0.2, 0) is 11.2 Å². The zero-order valence-corrected chi connectivity index (χ0v) is 15.4. The fourth-order valence-corrected chi connectivity index (χ4v) is 2.80. The normalized spacial score (nSPS) is 11.2. The number of aromatic amines is 1. The number of hydrogen-bond donors (Lipinski definition) is 1. The second-order valence-corrected chi connectivity index (χ2v) is 6.82. The van der Waals surface area contributed by atoms with Crippen molar-refractivity contribution in [2.75, 3.05) is 20.2 Å². The summed E-state index contributed by atoms with van der Waals surface area (Å²) in [6.45, 7) is 13.5. The van der Waals surface area contributed by atoms with Crippen LogP contribution in [0.4, 0.5) is 0 Å². The Hall–Kier alpha value is -1.78. The topological polar surface area (TPSA) is 62.4 Å². The molecule has 1 rings (SSSR count). The van der Waals surface area contributed by atoms with Crippen LogP contribution in [0.25, 0.3) is 0 Å². The molecule has 130 valence electrons. The fourth-order valence-electron chi connectivity index (χ4n) is 2.80. The number of hydrogen-bond acceptors (Lipinski definition) is 3.